The highest BCUT2D eigenvalue weighted by Gasteiger charge is 2.24. The lowest BCUT2D eigenvalue weighted by molar-refractivity contribution is 0.0985. The van der Waals surface area contributed by atoms with Gasteiger partial charge in [-0.2, -0.15) is 0 Å². The number of fused-ring (bicyclic) bond motifs is 1. The third kappa shape index (κ3) is 3.99. The lowest BCUT2D eigenvalue weighted by Gasteiger charge is -2.34. The van der Waals surface area contributed by atoms with Crippen molar-refractivity contribution in [3.63, 3.8) is 0 Å². The molecule has 3 heterocycles. The summed E-state index contributed by atoms with van der Waals surface area (Å²) in [5.74, 6) is 1.04. The Morgan fingerprint density at radius 1 is 1.09 bits per heavy atom. The average molecular weight is 449 g/mol. The Hall–Kier alpha value is -3.23. The quantitative estimate of drug-likeness (QED) is 0.499. The molecule has 0 unspecified atom stereocenters. The lowest BCUT2D eigenvalue weighted by Crippen LogP contribution is -2.44. The molecule has 0 bridgehead atoms. The van der Waals surface area contributed by atoms with E-state index in [2.05, 4.69) is 16.8 Å². The predicted octanol–water partition coefficient (Wildman–Crippen LogP) is 3.82. The minimum atomic E-state index is -3.54. The lowest BCUT2D eigenvalue weighted by atomic mass is 10.1. The Morgan fingerprint density at radius 2 is 1.94 bits per heavy atom. The zero-order valence-electron chi connectivity index (χ0n) is 17.7. The molecule has 0 saturated carbocycles. The third-order valence-corrected chi connectivity index (χ3v) is 7.37. The molecule has 8 heteroatoms. The molecule has 164 valence electrons. The summed E-state index contributed by atoms with van der Waals surface area (Å²) in [5, 5.41) is 0.997. The molecule has 4 aromatic rings. The fraction of sp³-hybridized carbons (Fsp3) is 0.250. The van der Waals surface area contributed by atoms with Gasteiger partial charge in [0.15, 0.2) is 15.7 Å². The van der Waals surface area contributed by atoms with Crippen molar-refractivity contribution in [2.75, 3.05) is 24.7 Å². The zero-order valence-corrected chi connectivity index (χ0v) is 18.5. The van der Waals surface area contributed by atoms with Gasteiger partial charge in [-0.25, -0.2) is 18.4 Å². The number of sulfone groups is 1. The molecule has 2 aromatic carbocycles. The van der Waals surface area contributed by atoms with Crippen molar-refractivity contribution in [1.82, 2.24) is 15.0 Å². The van der Waals surface area contributed by atoms with Gasteiger partial charge in [0.2, 0.25) is 0 Å². The maximum atomic E-state index is 13.1. The molecule has 0 amide bonds. The van der Waals surface area contributed by atoms with Crippen LogP contribution in [0.1, 0.15) is 12.6 Å². The van der Waals surface area contributed by atoms with Crippen LogP contribution < -0.4 is 4.90 Å². The standard InChI is InChI=1S/C24H24N4O3S/c1-17-15-31-13-12-28(17)23-14-18(16-32(29,30)19-6-3-2-4-7-19)26-24(27-23)21-8-5-9-22-20(21)10-11-25-22/h2-11,14,17,25H,12-13,15-16H2,1H3/t17-/m0/s1. The van der Waals surface area contributed by atoms with Crippen molar-refractivity contribution in [3.8, 4) is 11.4 Å². The maximum Gasteiger partial charge on any atom is 0.184 e. The Morgan fingerprint density at radius 3 is 2.75 bits per heavy atom. The SMILES string of the molecule is C[C@H]1COCCN1c1cc(CS(=O)(=O)c2ccccc2)nc(-c2cccc3[nH]ccc23)n1. The molecule has 5 rings (SSSR count). The molecule has 32 heavy (non-hydrogen) atoms. The first-order chi connectivity index (χ1) is 15.5. The molecule has 0 spiro atoms. The van der Waals surface area contributed by atoms with E-state index in [9.17, 15) is 8.42 Å². The molecule has 1 fully saturated rings. The van der Waals surface area contributed by atoms with Crippen molar-refractivity contribution in [2.45, 2.75) is 23.6 Å². The van der Waals surface area contributed by atoms with Gasteiger partial charge in [-0.15, -0.1) is 0 Å². The van der Waals surface area contributed by atoms with E-state index in [0.29, 0.717) is 31.3 Å². The van der Waals surface area contributed by atoms with Crippen LogP contribution in [0.4, 0.5) is 5.82 Å². The van der Waals surface area contributed by atoms with E-state index in [0.717, 1.165) is 22.3 Å². The number of anilines is 1. The van der Waals surface area contributed by atoms with Crippen molar-refractivity contribution < 1.29 is 13.2 Å². The van der Waals surface area contributed by atoms with E-state index >= 15 is 0 Å². The second kappa shape index (κ2) is 8.37. The first-order valence-corrected chi connectivity index (χ1v) is 12.2. The molecule has 1 N–H and O–H groups in total. The Labute approximate surface area is 187 Å². The van der Waals surface area contributed by atoms with Crippen LogP contribution in [0.5, 0.6) is 0 Å². The second-order valence-electron chi connectivity index (χ2n) is 7.98. The van der Waals surface area contributed by atoms with Gasteiger partial charge in [0, 0.05) is 35.3 Å². The van der Waals surface area contributed by atoms with E-state index in [1.807, 2.05) is 30.5 Å². The highest BCUT2D eigenvalue weighted by atomic mass is 32.2. The highest BCUT2D eigenvalue weighted by Crippen LogP contribution is 2.29. The highest BCUT2D eigenvalue weighted by molar-refractivity contribution is 7.90. The number of hydrogen-bond acceptors (Lipinski definition) is 6. The second-order valence-corrected chi connectivity index (χ2v) is 9.96. The van der Waals surface area contributed by atoms with Crippen LogP contribution in [0.3, 0.4) is 0 Å². The number of benzene rings is 2. The molecular formula is C24H24N4O3S. The smallest absolute Gasteiger partial charge is 0.184 e. The number of rotatable bonds is 5. The van der Waals surface area contributed by atoms with E-state index in [4.69, 9.17) is 14.7 Å². The first-order valence-electron chi connectivity index (χ1n) is 10.6. The fourth-order valence-electron chi connectivity index (χ4n) is 4.08. The first kappa shape index (κ1) is 20.7. The van der Waals surface area contributed by atoms with Gasteiger partial charge in [-0.05, 0) is 31.2 Å². The summed E-state index contributed by atoms with van der Waals surface area (Å²) in [6.45, 7) is 3.98. The molecule has 7 nitrogen and oxygen atoms in total. The third-order valence-electron chi connectivity index (χ3n) is 5.70. The van der Waals surface area contributed by atoms with Gasteiger partial charge >= 0.3 is 0 Å². The zero-order chi connectivity index (χ0) is 22.1. The van der Waals surface area contributed by atoms with Crippen LogP contribution in [0, 0.1) is 0 Å². The van der Waals surface area contributed by atoms with Gasteiger partial charge < -0.3 is 14.6 Å². The van der Waals surface area contributed by atoms with Gasteiger partial charge in [0.05, 0.1) is 35.6 Å². The summed E-state index contributed by atoms with van der Waals surface area (Å²) in [5.41, 5.74) is 2.32. The summed E-state index contributed by atoms with van der Waals surface area (Å²) >= 11 is 0. The molecule has 1 aliphatic heterocycles. The number of ether oxygens (including phenoxy) is 1. The van der Waals surface area contributed by atoms with E-state index in [1.54, 1.807) is 36.4 Å². The van der Waals surface area contributed by atoms with Crippen LogP contribution in [-0.2, 0) is 20.3 Å². The van der Waals surface area contributed by atoms with Crippen LogP contribution in [-0.4, -0.2) is 49.2 Å². The molecule has 1 aliphatic rings. The van der Waals surface area contributed by atoms with E-state index < -0.39 is 9.84 Å². The van der Waals surface area contributed by atoms with Crippen molar-refractivity contribution >= 4 is 26.6 Å². The summed E-state index contributed by atoms with van der Waals surface area (Å²) in [7, 11) is -3.54. The van der Waals surface area contributed by atoms with Gasteiger partial charge in [-0.1, -0.05) is 30.3 Å². The number of aromatic nitrogens is 3. The molecule has 0 aliphatic carbocycles. The largest absolute Gasteiger partial charge is 0.377 e. The summed E-state index contributed by atoms with van der Waals surface area (Å²) in [4.78, 5) is 15.2. The molecule has 1 atom stereocenters. The van der Waals surface area contributed by atoms with E-state index in [1.165, 1.54) is 0 Å². The molecule has 0 radical (unpaired) electrons. The van der Waals surface area contributed by atoms with Crippen molar-refractivity contribution in [1.29, 1.82) is 0 Å². The number of aromatic amines is 1. The molecule has 2 aromatic heterocycles. The monoisotopic (exact) mass is 448 g/mol. The number of H-pyrrole nitrogens is 1. The Kier molecular flexibility index (Phi) is 5.40. The van der Waals surface area contributed by atoms with Crippen LogP contribution in [0.25, 0.3) is 22.3 Å². The Bertz CT molecular complexity index is 1350. The van der Waals surface area contributed by atoms with Crippen LogP contribution >= 0.6 is 0 Å². The van der Waals surface area contributed by atoms with Gasteiger partial charge in [-0.3, -0.25) is 0 Å². The Balaban J connectivity index is 1.62. The van der Waals surface area contributed by atoms with Gasteiger partial charge in [0.25, 0.3) is 0 Å². The normalized spacial score (nSPS) is 17.0. The van der Waals surface area contributed by atoms with Gasteiger partial charge in [0.1, 0.15) is 5.82 Å². The fourth-order valence-corrected chi connectivity index (χ4v) is 5.35. The topological polar surface area (TPSA) is 88.2 Å². The summed E-state index contributed by atoms with van der Waals surface area (Å²) < 4.78 is 31.7. The summed E-state index contributed by atoms with van der Waals surface area (Å²) in [6.07, 6.45) is 1.88. The minimum Gasteiger partial charge on any atom is -0.377 e. The van der Waals surface area contributed by atoms with Crippen LogP contribution in [0.15, 0.2) is 71.8 Å². The number of hydrogen-bond donors (Lipinski definition) is 1. The molecule has 1 saturated heterocycles. The minimum absolute atomic E-state index is 0.133. The van der Waals surface area contributed by atoms with Crippen LogP contribution in [0.2, 0.25) is 0 Å². The average Bonchev–Trinajstić information content (AvgIpc) is 3.28. The number of morpholine rings is 1. The number of nitrogens with one attached hydrogen (secondary N) is 1. The summed E-state index contributed by atoms with van der Waals surface area (Å²) in [6, 6.07) is 18.3. The van der Waals surface area contributed by atoms with Crippen molar-refractivity contribution in [2.24, 2.45) is 0 Å². The van der Waals surface area contributed by atoms with Crippen molar-refractivity contribution in [3.05, 3.63) is 72.6 Å². The molecular weight excluding hydrogens is 424 g/mol. The number of nitrogens with zero attached hydrogens (tertiary/aromatic N) is 3. The maximum absolute atomic E-state index is 13.1. The predicted molar refractivity (Wildman–Crippen MR) is 124 cm³/mol. The van der Waals surface area contributed by atoms with E-state index in [-0.39, 0.29) is 16.7 Å².